The van der Waals surface area contributed by atoms with E-state index in [0.717, 1.165) is 11.1 Å². The van der Waals surface area contributed by atoms with E-state index in [4.69, 9.17) is 9.47 Å². The topological polar surface area (TPSA) is 64.2 Å². The van der Waals surface area contributed by atoms with Crippen molar-refractivity contribution in [1.29, 1.82) is 0 Å². The van der Waals surface area contributed by atoms with Gasteiger partial charge < -0.3 is 9.47 Å². The third kappa shape index (κ3) is 2.72. The van der Waals surface area contributed by atoms with Gasteiger partial charge in [0.2, 0.25) is 0 Å². The number of aromatic nitrogens is 2. The zero-order valence-corrected chi connectivity index (χ0v) is 11.5. The van der Waals surface area contributed by atoms with Crippen molar-refractivity contribution < 1.29 is 9.47 Å². The second-order valence-corrected chi connectivity index (χ2v) is 4.51. The van der Waals surface area contributed by atoms with E-state index in [-0.39, 0.29) is 12.2 Å². The molecular weight excluding hydrogens is 268 g/mol. The van der Waals surface area contributed by atoms with Gasteiger partial charge in [-0.05, 0) is 30.3 Å². The minimum absolute atomic E-state index is 0.243. The lowest BCUT2D eigenvalue weighted by molar-refractivity contribution is 0.301. The highest BCUT2D eigenvalue weighted by molar-refractivity contribution is 5.84. The zero-order valence-electron chi connectivity index (χ0n) is 11.5. The van der Waals surface area contributed by atoms with E-state index in [0.29, 0.717) is 16.8 Å². The van der Waals surface area contributed by atoms with Gasteiger partial charge in [-0.1, -0.05) is 18.2 Å². The lowest BCUT2D eigenvalue weighted by atomic mass is 10.1. The Morgan fingerprint density at radius 2 is 1.86 bits per heavy atom. The summed E-state index contributed by atoms with van der Waals surface area (Å²) in [6.07, 6.45) is 0. The molecule has 2 aromatic carbocycles. The number of nitrogens with zero attached hydrogens (tertiary/aromatic N) is 1. The average Bonchev–Trinajstić information content (AvgIpc) is 2.55. The number of rotatable bonds is 4. The number of methoxy groups -OCH3 is 1. The number of para-hydroxylation sites is 1. The highest BCUT2D eigenvalue weighted by atomic mass is 16.5. The number of hydrogen-bond donors (Lipinski definition) is 1. The van der Waals surface area contributed by atoms with Crippen molar-refractivity contribution in [3.63, 3.8) is 0 Å². The molecule has 3 aromatic rings. The summed E-state index contributed by atoms with van der Waals surface area (Å²) in [5.41, 5.74) is 0.434. The van der Waals surface area contributed by atoms with Crippen LogP contribution in [0.25, 0.3) is 10.8 Å². The molecule has 0 aliphatic carbocycles. The van der Waals surface area contributed by atoms with Crippen LogP contribution in [-0.2, 0) is 6.61 Å². The fourth-order valence-electron chi connectivity index (χ4n) is 2.11. The summed E-state index contributed by atoms with van der Waals surface area (Å²) in [5.74, 6) is 1.39. The molecule has 3 rings (SSSR count). The third-order valence-corrected chi connectivity index (χ3v) is 3.19. The summed E-state index contributed by atoms with van der Waals surface area (Å²) >= 11 is 0. The molecule has 0 saturated carbocycles. The molecule has 5 nitrogen and oxygen atoms in total. The monoisotopic (exact) mass is 282 g/mol. The van der Waals surface area contributed by atoms with Crippen LogP contribution in [0.5, 0.6) is 11.5 Å². The SMILES string of the molecule is COc1ccc2c(COc3ccccc3)n[nH]c(=O)c2c1. The van der Waals surface area contributed by atoms with E-state index in [1.165, 1.54) is 0 Å². The van der Waals surface area contributed by atoms with Gasteiger partial charge in [0.1, 0.15) is 23.8 Å². The fraction of sp³-hybridized carbons (Fsp3) is 0.125. The summed E-state index contributed by atoms with van der Waals surface area (Å²) in [5, 5.41) is 7.86. The third-order valence-electron chi connectivity index (χ3n) is 3.19. The van der Waals surface area contributed by atoms with Gasteiger partial charge in [-0.15, -0.1) is 0 Å². The van der Waals surface area contributed by atoms with E-state index in [1.54, 1.807) is 19.2 Å². The van der Waals surface area contributed by atoms with Crippen molar-refractivity contribution in [2.45, 2.75) is 6.61 Å². The maximum atomic E-state index is 11.9. The van der Waals surface area contributed by atoms with Crippen LogP contribution in [0.15, 0.2) is 53.3 Å². The van der Waals surface area contributed by atoms with Crippen LogP contribution in [-0.4, -0.2) is 17.3 Å². The van der Waals surface area contributed by atoms with Crippen molar-refractivity contribution in [3.8, 4) is 11.5 Å². The molecule has 1 N–H and O–H groups in total. The first-order valence-corrected chi connectivity index (χ1v) is 6.51. The maximum Gasteiger partial charge on any atom is 0.272 e. The Balaban J connectivity index is 1.96. The van der Waals surface area contributed by atoms with Crippen LogP contribution < -0.4 is 15.0 Å². The summed E-state index contributed by atoms with van der Waals surface area (Å²) in [4.78, 5) is 11.9. The number of ether oxygens (including phenoxy) is 2. The molecule has 0 amide bonds. The van der Waals surface area contributed by atoms with Gasteiger partial charge in [-0.25, -0.2) is 5.10 Å². The molecule has 106 valence electrons. The van der Waals surface area contributed by atoms with E-state index >= 15 is 0 Å². The standard InChI is InChI=1S/C16H14N2O3/c1-20-12-7-8-13-14(9-12)16(19)18-17-15(13)10-21-11-5-3-2-4-6-11/h2-9H,10H2,1H3,(H,18,19). The highest BCUT2D eigenvalue weighted by Crippen LogP contribution is 2.20. The lowest BCUT2D eigenvalue weighted by Gasteiger charge is -2.08. The predicted octanol–water partition coefficient (Wildman–Crippen LogP) is 2.51. The molecule has 0 aliphatic heterocycles. The zero-order chi connectivity index (χ0) is 14.7. The van der Waals surface area contributed by atoms with Crippen LogP contribution >= 0.6 is 0 Å². The Hall–Kier alpha value is -2.82. The minimum Gasteiger partial charge on any atom is -0.497 e. The summed E-state index contributed by atoms with van der Waals surface area (Å²) in [7, 11) is 1.57. The normalized spacial score (nSPS) is 10.5. The molecule has 0 saturated heterocycles. The Bertz CT molecular complexity index is 813. The lowest BCUT2D eigenvalue weighted by Crippen LogP contribution is -2.12. The number of nitrogens with one attached hydrogen (secondary N) is 1. The summed E-state index contributed by atoms with van der Waals surface area (Å²) in [6.45, 7) is 0.281. The molecule has 21 heavy (non-hydrogen) atoms. The first-order valence-electron chi connectivity index (χ1n) is 6.51. The predicted molar refractivity (Wildman–Crippen MR) is 79.7 cm³/mol. The van der Waals surface area contributed by atoms with Crippen molar-refractivity contribution in [1.82, 2.24) is 10.2 Å². The highest BCUT2D eigenvalue weighted by Gasteiger charge is 2.08. The number of aromatic amines is 1. The van der Waals surface area contributed by atoms with E-state index in [1.807, 2.05) is 36.4 Å². The van der Waals surface area contributed by atoms with Crippen LogP contribution in [0.2, 0.25) is 0 Å². The van der Waals surface area contributed by atoms with Crippen LogP contribution in [0.1, 0.15) is 5.69 Å². The van der Waals surface area contributed by atoms with Gasteiger partial charge in [0.05, 0.1) is 12.5 Å². The first kappa shape index (κ1) is 13.2. The number of hydrogen-bond acceptors (Lipinski definition) is 4. The van der Waals surface area contributed by atoms with Crippen molar-refractivity contribution in [3.05, 3.63) is 64.6 Å². The summed E-state index contributed by atoms with van der Waals surface area (Å²) in [6, 6.07) is 14.8. The number of benzene rings is 2. The van der Waals surface area contributed by atoms with Crippen LogP contribution in [0, 0.1) is 0 Å². The number of H-pyrrole nitrogens is 1. The molecule has 0 bridgehead atoms. The molecular formula is C16H14N2O3. The Kier molecular flexibility index (Phi) is 3.55. The smallest absolute Gasteiger partial charge is 0.272 e. The molecule has 1 aromatic heterocycles. The van der Waals surface area contributed by atoms with E-state index < -0.39 is 0 Å². The molecule has 0 spiro atoms. The van der Waals surface area contributed by atoms with Crippen molar-refractivity contribution in [2.24, 2.45) is 0 Å². The van der Waals surface area contributed by atoms with Crippen molar-refractivity contribution in [2.75, 3.05) is 7.11 Å². The first-order chi connectivity index (χ1) is 10.3. The van der Waals surface area contributed by atoms with E-state index in [9.17, 15) is 4.79 Å². The fourth-order valence-corrected chi connectivity index (χ4v) is 2.11. The molecule has 0 unspecified atom stereocenters. The quantitative estimate of drug-likeness (QED) is 0.798. The molecule has 0 fully saturated rings. The molecule has 0 aliphatic rings. The van der Waals surface area contributed by atoms with Gasteiger partial charge in [0.15, 0.2) is 0 Å². The minimum atomic E-state index is -0.243. The van der Waals surface area contributed by atoms with Gasteiger partial charge >= 0.3 is 0 Å². The average molecular weight is 282 g/mol. The molecule has 0 radical (unpaired) electrons. The molecule has 0 atom stereocenters. The van der Waals surface area contributed by atoms with Gasteiger partial charge in [-0.2, -0.15) is 5.10 Å². The summed E-state index contributed by atoms with van der Waals surface area (Å²) < 4.78 is 10.8. The Morgan fingerprint density at radius 3 is 2.62 bits per heavy atom. The maximum absolute atomic E-state index is 11.9. The largest absolute Gasteiger partial charge is 0.497 e. The van der Waals surface area contributed by atoms with Crippen molar-refractivity contribution >= 4 is 10.8 Å². The second kappa shape index (κ2) is 5.66. The van der Waals surface area contributed by atoms with E-state index in [2.05, 4.69) is 10.2 Å². The molecule has 1 heterocycles. The van der Waals surface area contributed by atoms with Gasteiger partial charge in [0.25, 0.3) is 5.56 Å². The Labute approximate surface area is 121 Å². The van der Waals surface area contributed by atoms with Crippen LogP contribution in [0.4, 0.5) is 0 Å². The Morgan fingerprint density at radius 1 is 1.05 bits per heavy atom. The van der Waals surface area contributed by atoms with Gasteiger partial charge in [0, 0.05) is 5.39 Å². The molecule has 5 heteroatoms. The van der Waals surface area contributed by atoms with Gasteiger partial charge in [-0.3, -0.25) is 4.79 Å². The number of fused-ring (bicyclic) bond motifs is 1. The second-order valence-electron chi connectivity index (χ2n) is 4.51. The van der Waals surface area contributed by atoms with Crippen LogP contribution in [0.3, 0.4) is 0 Å².